The maximum atomic E-state index is 5.61. The van der Waals surface area contributed by atoms with Gasteiger partial charge in [-0.1, -0.05) is 18.9 Å². The largest absolute Gasteiger partial charge is 0.493 e. The zero-order valence-corrected chi connectivity index (χ0v) is 16.6. The Labute approximate surface area is 164 Å². The summed E-state index contributed by atoms with van der Waals surface area (Å²) >= 11 is 0. The van der Waals surface area contributed by atoms with Gasteiger partial charge in [-0.3, -0.25) is 4.99 Å². The maximum absolute atomic E-state index is 5.61. The van der Waals surface area contributed by atoms with Gasteiger partial charge in [0.05, 0.1) is 37.0 Å². The van der Waals surface area contributed by atoms with E-state index < -0.39 is 0 Å². The number of ether oxygens (including phenoxy) is 2. The fraction of sp³-hybridized carbons (Fsp3) is 0.391. The molecule has 1 aliphatic heterocycles. The number of aromatic amines is 1. The molecule has 5 heteroatoms. The van der Waals surface area contributed by atoms with E-state index in [4.69, 9.17) is 14.5 Å². The summed E-state index contributed by atoms with van der Waals surface area (Å²) in [5.41, 5.74) is 6.71. The summed E-state index contributed by atoms with van der Waals surface area (Å²) < 4.78 is 11.2. The van der Waals surface area contributed by atoms with E-state index in [1.54, 1.807) is 14.2 Å². The Balaban J connectivity index is 1.71. The number of hydrogen-bond donors (Lipinski definition) is 1. The number of fused-ring (bicyclic) bond motifs is 4. The van der Waals surface area contributed by atoms with Crippen molar-refractivity contribution in [2.45, 2.75) is 44.6 Å². The third-order valence-electron chi connectivity index (χ3n) is 6.11. The van der Waals surface area contributed by atoms with E-state index in [2.05, 4.69) is 40.3 Å². The third kappa shape index (κ3) is 2.68. The van der Waals surface area contributed by atoms with E-state index in [0.29, 0.717) is 12.0 Å². The number of H-pyrrole nitrogens is 1. The maximum Gasteiger partial charge on any atom is 0.161 e. The first-order valence-corrected chi connectivity index (χ1v) is 9.99. The van der Waals surface area contributed by atoms with Crippen molar-refractivity contribution < 1.29 is 9.47 Å². The first-order chi connectivity index (χ1) is 13.7. The highest BCUT2D eigenvalue weighted by molar-refractivity contribution is 6.16. The lowest BCUT2D eigenvalue weighted by Crippen LogP contribution is -2.29. The van der Waals surface area contributed by atoms with Gasteiger partial charge in [0, 0.05) is 17.0 Å². The molecular formula is C23H25N3O2. The van der Waals surface area contributed by atoms with Gasteiger partial charge in [0.2, 0.25) is 0 Å². The lowest BCUT2D eigenvalue weighted by molar-refractivity contribution is 0.349. The molecule has 1 fully saturated rings. The monoisotopic (exact) mass is 375 g/mol. The zero-order valence-electron chi connectivity index (χ0n) is 16.6. The molecule has 1 aromatic heterocycles. The second-order valence-corrected chi connectivity index (χ2v) is 7.78. The van der Waals surface area contributed by atoms with E-state index in [1.165, 1.54) is 24.8 Å². The first-order valence-electron chi connectivity index (χ1n) is 9.99. The van der Waals surface area contributed by atoms with Crippen LogP contribution in [-0.2, 0) is 0 Å². The van der Waals surface area contributed by atoms with E-state index >= 15 is 0 Å². The molecule has 2 heterocycles. The summed E-state index contributed by atoms with van der Waals surface area (Å²) in [6.45, 7) is 1.98. The van der Waals surface area contributed by atoms with E-state index in [0.717, 1.165) is 51.6 Å². The predicted molar refractivity (Wildman–Crippen MR) is 111 cm³/mol. The van der Waals surface area contributed by atoms with Gasteiger partial charge in [-0.15, -0.1) is 0 Å². The topological polar surface area (TPSA) is 59.5 Å². The Kier molecular flexibility index (Phi) is 4.11. The fourth-order valence-corrected chi connectivity index (χ4v) is 4.79. The highest BCUT2D eigenvalue weighted by atomic mass is 16.5. The Bertz CT molecular complexity index is 1080. The van der Waals surface area contributed by atoms with Crippen LogP contribution in [0.2, 0.25) is 0 Å². The summed E-state index contributed by atoms with van der Waals surface area (Å²) in [7, 11) is 3.39. The van der Waals surface area contributed by atoms with Gasteiger partial charge in [-0.25, -0.2) is 4.98 Å². The molecule has 28 heavy (non-hydrogen) atoms. The molecule has 0 spiro atoms. The second kappa shape index (κ2) is 6.66. The van der Waals surface area contributed by atoms with Gasteiger partial charge in [0.1, 0.15) is 5.82 Å². The van der Waals surface area contributed by atoms with Crippen LogP contribution in [0.5, 0.6) is 11.5 Å². The molecule has 1 N–H and O–H groups in total. The molecule has 1 aliphatic carbocycles. The summed E-state index contributed by atoms with van der Waals surface area (Å²) in [6, 6.07) is 11.0. The Hall–Kier alpha value is -2.82. The molecule has 0 unspecified atom stereocenters. The number of imidazole rings is 1. The Morgan fingerprint density at radius 1 is 1.00 bits per heavy atom. The van der Waals surface area contributed by atoms with Crippen LogP contribution < -0.4 is 9.47 Å². The van der Waals surface area contributed by atoms with E-state index in [1.807, 2.05) is 6.92 Å². The first kappa shape index (κ1) is 17.3. The summed E-state index contributed by atoms with van der Waals surface area (Å²) in [5.74, 6) is 2.94. The van der Waals surface area contributed by atoms with Crippen LogP contribution in [0.1, 0.15) is 54.1 Å². The lowest BCUT2D eigenvalue weighted by atomic mass is 9.75. The minimum absolute atomic E-state index is 0.341. The second-order valence-electron chi connectivity index (χ2n) is 7.78. The van der Waals surface area contributed by atoms with Gasteiger partial charge in [0.15, 0.2) is 11.5 Å². The van der Waals surface area contributed by atoms with Gasteiger partial charge >= 0.3 is 0 Å². The molecule has 2 aromatic carbocycles. The van der Waals surface area contributed by atoms with Crippen LogP contribution in [0.4, 0.5) is 0 Å². The molecule has 5 nitrogen and oxygen atoms in total. The molecule has 1 saturated carbocycles. The number of nitrogens with one attached hydrogen (secondary N) is 1. The lowest BCUT2D eigenvalue weighted by Gasteiger charge is -2.35. The normalized spacial score (nSPS) is 21.0. The van der Waals surface area contributed by atoms with Gasteiger partial charge in [-0.2, -0.15) is 0 Å². The van der Waals surface area contributed by atoms with Crippen molar-refractivity contribution >= 4 is 16.7 Å². The number of nitrogens with zero attached hydrogens (tertiary/aromatic N) is 2. The highest BCUT2D eigenvalue weighted by Gasteiger charge is 2.34. The highest BCUT2D eigenvalue weighted by Crippen LogP contribution is 2.44. The van der Waals surface area contributed by atoms with Crippen LogP contribution in [0.3, 0.4) is 0 Å². The van der Waals surface area contributed by atoms with Crippen LogP contribution in [-0.4, -0.2) is 35.9 Å². The number of aryl methyl sites for hydroxylation is 1. The molecule has 2 atom stereocenters. The van der Waals surface area contributed by atoms with Gasteiger partial charge in [-0.05, 0) is 49.6 Å². The van der Waals surface area contributed by atoms with Gasteiger partial charge in [0.25, 0.3) is 0 Å². The molecule has 144 valence electrons. The average Bonchev–Trinajstić information content (AvgIpc) is 3.11. The number of rotatable bonds is 3. The van der Waals surface area contributed by atoms with Crippen molar-refractivity contribution in [2.75, 3.05) is 14.2 Å². The molecule has 0 bridgehead atoms. The van der Waals surface area contributed by atoms with Crippen molar-refractivity contribution in [2.24, 2.45) is 4.99 Å². The summed E-state index contributed by atoms with van der Waals surface area (Å²) in [4.78, 5) is 13.1. The molecule has 3 aromatic rings. The van der Waals surface area contributed by atoms with Crippen molar-refractivity contribution in [1.29, 1.82) is 0 Å². The van der Waals surface area contributed by atoms with Crippen molar-refractivity contribution in [1.82, 2.24) is 9.97 Å². The van der Waals surface area contributed by atoms with Crippen molar-refractivity contribution in [3.05, 3.63) is 52.8 Å². The summed E-state index contributed by atoms with van der Waals surface area (Å²) in [5, 5.41) is 0. The predicted octanol–water partition coefficient (Wildman–Crippen LogP) is 4.77. The molecule has 5 rings (SSSR count). The number of methoxy groups -OCH3 is 2. The quantitative estimate of drug-likeness (QED) is 0.718. The van der Waals surface area contributed by atoms with E-state index in [9.17, 15) is 0 Å². The molecule has 2 aliphatic rings. The van der Waals surface area contributed by atoms with Crippen LogP contribution in [0.25, 0.3) is 11.0 Å². The zero-order chi connectivity index (χ0) is 19.3. The van der Waals surface area contributed by atoms with Crippen LogP contribution >= 0.6 is 0 Å². The number of hydrogen-bond acceptors (Lipinski definition) is 4. The Morgan fingerprint density at radius 3 is 2.61 bits per heavy atom. The Morgan fingerprint density at radius 2 is 1.79 bits per heavy atom. The minimum Gasteiger partial charge on any atom is -0.493 e. The number of benzene rings is 2. The summed E-state index contributed by atoms with van der Waals surface area (Å²) in [6.07, 6.45) is 4.84. The smallest absolute Gasteiger partial charge is 0.161 e. The van der Waals surface area contributed by atoms with Crippen LogP contribution in [0.15, 0.2) is 35.3 Å². The molecule has 0 amide bonds. The fourth-order valence-electron chi connectivity index (χ4n) is 4.79. The molecule has 0 saturated heterocycles. The van der Waals surface area contributed by atoms with Gasteiger partial charge < -0.3 is 14.5 Å². The number of aliphatic imine (C=N–C) groups is 1. The molecule has 0 radical (unpaired) electrons. The third-order valence-corrected chi connectivity index (χ3v) is 6.11. The van der Waals surface area contributed by atoms with E-state index in [-0.39, 0.29) is 0 Å². The van der Waals surface area contributed by atoms with Crippen molar-refractivity contribution in [3.8, 4) is 11.5 Å². The average molecular weight is 375 g/mol. The number of aromatic nitrogens is 2. The van der Waals surface area contributed by atoms with Crippen molar-refractivity contribution in [3.63, 3.8) is 0 Å². The minimum atomic E-state index is 0.341. The van der Waals surface area contributed by atoms with Crippen LogP contribution in [0, 0.1) is 6.92 Å². The SMILES string of the molecule is COc1cc2c(cc1OC)[C@H]1CCCC[C@H]1N=C2c1ccc2nc(C)[nH]c2c1. The standard InChI is InChI=1S/C23H25N3O2/c1-13-24-19-9-8-14(10-20(19)25-13)23-17-12-22(28-3)21(27-2)11-16(17)15-6-4-5-7-18(15)26-23/h8-12,15,18H,4-7H2,1-3H3,(H,24,25)/t15-,18-/m1/s1. The molecular weight excluding hydrogens is 350 g/mol.